The van der Waals surface area contributed by atoms with Crippen molar-refractivity contribution in [3.05, 3.63) is 34.9 Å². The van der Waals surface area contributed by atoms with E-state index in [1.54, 1.807) is 0 Å². The van der Waals surface area contributed by atoms with Crippen LogP contribution in [0.1, 0.15) is 36.0 Å². The molecule has 1 aliphatic heterocycles. The lowest BCUT2D eigenvalue weighted by Gasteiger charge is -2.32. The molecule has 0 radical (unpaired) electrons. The molecule has 1 aliphatic rings. The van der Waals surface area contributed by atoms with Gasteiger partial charge in [0.05, 0.1) is 0 Å². The maximum Gasteiger partial charge on any atom is 0.0434 e. The van der Waals surface area contributed by atoms with Crippen LogP contribution in [0.5, 0.6) is 0 Å². The zero-order valence-corrected chi connectivity index (χ0v) is 11.7. The van der Waals surface area contributed by atoms with Gasteiger partial charge in [-0.15, -0.1) is 0 Å². The van der Waals surface area contributed by atoms with Crippen LogP contribution in [-0.4, -0.2) is 29.7 Å². The Balaban J connectivity index is 1.93. The number of hydrogen-bond donors (Lipinski definition) is 1. The largest absolute Gasteiger partial charge is 0.396 e. The number of hydrogen-bond acceptors (Lipinski definition) is 2. The zero-order chi connectivity index (χ0) is 13.0. The summed E-state index contributed by atoms with van der Waals surface area (Å²) in [5.74, 6) is 0.690. The molecule has 1 unspecified atom stereocenters. The summed E-state index contributed by atoms with van der Waals surface area (Å²) < 4.78 is 0. The fourth-order valence-corrected chi connectivity index (χ4v) is 2.87. The van der Waals surface area contributed by atoms with Crippen LogP contribution in [0.4, 0.5) is 0 Å². The highest BCUT2D eigenvalue weighted by Crippen LogP contribution is 2.21. The van der Waals surface area contributed by atoms with E-state index in [0.29, 0.717) is 12.5 Å². The Labute approximate surface area is 111 Å². The Hall–Kier alpha value is -0.860. The molecule has 0 bridgehead atoms. The Bertz CT molecular complexity index is 387. The smallest absolute Gasteiger partial charge is 0.0434 e. The molecule has 0 aromatic heterocycles. The molecule has 18 heavy (non-hydrogen) atoms. The lowest BCUT2D eigenvalue weighted by atomic mass is 9.94. The van der Waals surface area contributed by atoms with E-state index in [2.05, 4.69) is 36.9 Å². The molecule has 1 saturated heterocycles. The second-order valence-electron chi connectivity index (χ2n) is 5.67. The van der Waals surface area contributed by atoms with Crippen LogP contribution in [0.25, 0.3) is 0 Å². The summed E-state index contributed by atoms with van der Waals surface area (Å²) in [5.41, 5.74) is 4.18. The maximum atomic E-state index is 9.04. The van der Waals surface area contributed by atoms with Gasteiger partial charge in [-0.1, -0.05) is 18.2 Å². The Morgan fingerprint density at radius 2 is 2.11 bits per heavy atom. The zero-order valence-electron chi connectivity index (χ0n) is 11.7. The standard InChI is InChI=1S/C16H25NO/c1-13-5-6-16(10-14(13)2)12-17-8-3-4-15(11-17)7-9-18/h5-6,10,15,18H,3-4,7-9,11-12H2,1-2H3. The van der Waals surface area contributed by atoms with Crippen molar-refractivity contribution < 1.29 is 5.11 Å². The van der Waals surface area contributed by atoms with E-state index < -0.39 is 0 Å². The second kappa shape index (κ2) is 6.35. The molecule has 0 amide bonds. The quantitative estimate of drug-likeness (QED) is 0.884. The van der Waals surface area contributed by atoms with Gasteiger partial charge >= 0.3 is 0 Å². The summed E-state index contributed by atoms with van der Waals surface area (Å²) >= 11 is 0. The molecule has 2 rings (SSSR count). The van der Waals surface area contributed by atoms with Gasteiger partial charge in [0.1, 0.15) is 0 Å². The number of aliphatic hydroxyl groups excluding tert-OH is 1. The van der Waals surface area contributed by atoms with Gasteiger partial charge < -0.3 is 5.11 Å². The summed E-state index contributed by atoms with van der Waals surface area (Å²) in [6, 6.07) is 6.78. The van der Waals surface area contributed by atoms with Crippen molar-refractivity contribution >= 4 is 0 Å². The molecular formula is C16H25NO. The minimum atomic E-state index is 0.335. The van der Waals surface area contributed by atoms with Gasteiger partial charge in [-0.05, 0) is 62.3 Å². The van der Waals surface area contributed by atoms with E-state index >= 15 is 0 Å². The third-order valence-electron chi connectivity index (χ3n) is 4.12. The highest BCUT2D eigenvalue weighted by molar-refractivity contribution is 5.29. The fraction of sp³-hybridized carbons (Fsp3) is 0.625. The van der Waals surface area contributed by atoms with Gasteiger partial charge in [-0.3, -0.25) is 4.90 Å². The molecule has 1 atom stereocenters. The summed E-state index contributed by atoms with van der Waals surface area (Å²) in [7, 11) is 0. The van der Waals surface area contributed by atoms with Gasteiger partial charge in [0.25, 0.3) is 0 Å². The predicted octanol–water partition coefficient (Wildman–Crippen LogP) is 2.90. The summed E-state index contributed by atoms with van der Waals surface area (Å²) in [6.07, 6.45) is 3.52. The van der Waals surface area contributed by atoms with Crippen molar-refractivity contribution in [1.29, 1.82) is 0 Å². The molecule has 0 saturated carbocycles. The molecular weight excluding hydrogens is 222 g/mol. The van der Waals surface area contributed by atoms with E-state index in [1.165, 1.54) is 36.1 Å². The van der Waals surface area contributed by atoms with Crippen molar-refractivity contribution in [3.63, 3.8) is 0 Å². The van der Waals surface area contributed by atoms with Crippen LogP contribution in [-0.2, 0) is 6.54 Å². The van der Waals surface area contributed by atoms with Crippen LogP contribution < -0.4 is 0 Å². The third-order valence-corrected chi connectivity index (χ3v) is 4.12. The fourth-order valence-electron chi connectivity index (χ4n) is 2.87. The molecule has 1 N–H and O–H groups in total. The topological polar surface area (TPSA) is 23.5 Å². The molecule has 2 nitrogen and oxygen atoms in total. The van der Waals surface area contributed by atoms with Gasteiger partial charge in [0.2, 0.25) is 0 Å². The Morgan fingerprint density at radius 1 is 1.28 bits per heavy atom. The number of likely N-dealkylation sites (tertiary alicyclic amines) is 1. The Kier molecular flexibility index (Phi) is 4.79. The first-order valence-electron chi connectivity index (χ1n) is 7.08. The van der Waals surface area contributed by atoms with Crippen molar-refractivity contribution in [3.8, 4) is 0 Å². The first-order valence-corrected chi connectivity index (χ1v) is 7.08. The Morgan fingerprint density at radius 3 is 2.83 bits per heavy atom. The van der Waals surface area contributed by atoms with Gasteiger partial charge in [0, 0.05) is 19.7 Å². The van der Waals surface area contributed by atoms with Crippen molar-refractivity contribution in [2.75, 3.05) is 19.7 Å². The molecule has 1 heterocycles. The average Bonchev–Trinajstić information content (AvgIpc) is 2.35. The van der Waals surface area contributed by atoms with Crippen LogP contribution in [0.3, 0.4) is 0 Å². The minimum Gasteiger partial charge on any atom is -0.396 e. The van der Waals surface area contributed by atoms with E-state index in [1.807, 2.05) is 0 Å². The van der Waals surface area contributed by atoms with Gasteiger partial charge in [-0.25, -0.2) is 0 Å². The number of benzene rings is 1. The molecule has 0 aliphatic carbocycles. The lowest BCUT2D eigenvalue weighted by Crippen LogP contribution is -2.35. The summed E-state index contributed by atoms with van der Waals surface area (Å²) in [4.78, 5) is 2.54. The van der Waals surface area contributed by atoms with E-state index in [0.717, 1.165) is 19.5 Å². The van der Waals surface area contributed by atoms with E-state index in [4.69, 9.17) is 5.11 Å². The van der Waals surface area contributed by atoms with E-state index in [9.17, 15) is 0 Å². The first-order chi connectivity index (χ1) is 8.69. The number of rotatable bonds is 4. The SMILES string of the molecule is Cc1ccc(CN2CCCC(CCO)C2)cc1C. The van der Waals surface area contributed by atoms with Crippen molar-refractivity contribution in [2.24, 2.45) is 5.92 Å². The number of aliphatic hydroxyl groups is 1. The number of piperidine rings is 1. The van der Waals surface area contributed by atoms with Crippen LogP contribution in [0.2, 0.25) is 0 Å². The summed E-state index contributed by atoms with van der Waals surface area (Å²) in [5, 5.41) is 9.04. The normalized spacial score (nSPS) is 21.2. The molecule has 2 heteroatoms. The maximum absolute atomic E-state index is 9.04. The van der Waals surface area contributed by atoms with Crippen molar-refractivity contribution in [2.45, 2.75) is 39.7 Å². The minimum absolute atomic E-state index is 0.335. The lowest BCUT2D eigenvalue weighted by molar-refractivity contribution is 0.142. The highest BCUT2D eigenvalue weighted by Gasteiger charge is 2.19. The molecule has 1 aromatic rings. The number of nitrogens with zero attached hydrogens (tertiary/aromatic N) is 1. The van der Waals surface area contributed by atoms with Crippen LogP contribution in [0.15, 0.2) is 18.2 Å². The monoisotopic (exact) mass is 247 g/mol. The first kappa shape index (κ1) is 13.6. The molecule has 100 valence electrons. The van der Waals surface area contributed by atoms with Gasteiger partial charge in [0.15, 0.2) is 0 Å². The third kappa shape index (κ3) is 3.56. The average molecular weight is 247 g/mol. The van der Waals surface area contributed by atoms with E-state index in [-0.39, 0.29) is 0 Å². The molecule has 1 aromatic carbocycles. The number of aryl methyl sites for hydroxylation is 2. The van der Waals surface area contributed by atoms with Gasteiger partial charge in [-0.2, -0.15) is 0 Å². The second-order valence-corrected chi connectivity index (χ2v) is 5.67. The highest BCUT2D eigenvalue weighted by atomic mass is 16.3. The predicted molar refractivity (Wildman–Crippen MR) is 75.6 cm³/mol. The van der Waals surface area contributed by atoms with Crippen molar-refractivity contribution in [1.82, 2.24) is 4.90 Å². The van der Waals surface area contributed by atoms with Crippen LogP contribution >= 0.6 is 0 Å². The summed E-state index contributed by atoms with van der Waals surface area (Å²) in [6.45, 7) is 8.09. The molecule has 1 fully saturated rings. The van der Waals surface area contributed by atoms with Crippen LogP contribution in [0, 0.1) is 19.8 Å². The molecule has 0 spiro atoms.